The summed E-state index contributed by atoms with van der Waals surface area (Å²) < 4.78 is 0. The van der Waals surface area contributed by atoms with Crippen molar-refractivity contribution in [3.8, 4) is 0 Å². The van der Waals surface area contributed by atoms with Gasteiger partial charge in [0.2, 0.25) is 5.91 Å². The van der Waals surface area contributed by atoms with Gasteiger partial charge in [-0.1, -0.05) is 6.08 Å². The maximum absolute atomic E-state index is 12.3. The lowest BCUT2D eigenvalue weighted by molar-refractivity contribution is -0.127. The first-order chi connectivity index (χ1) is 10.5. The van der Waals surface area contributed by atoms with Crippen LogP contribution in [0.15, 0.2) is 24.3 Å². The lowest BCUT2D eigenvalue weighted by atomic mass is 10.2. The highest BCUT2D eigenvalue weighted by Gasteiger charge is 2.24. The number of hydrogen-bond acceptors (Lipinski definition) is 4. The Morgan fingerprint density at radius 2 is 1.82 bits per heavy atom. The quantitative estimate of drug-likeness (QED) is 0.789. The van der Waals surface area contributed by atoms with Crippen molar-refractivity contribution >= 4 is 23.2 Å². The minimum atomic E-state index is 0.0286. The second-order valence-corrected chi connectivity index (χ2v) is 6.98. The molecule has 2 heterocycles. The molecule has 1 fully saturated rings. The first-order valence-electron chi connectivity index (χ1n) is 7.43. The van der Waals surface area contributed by atoms with E-state index >= 15 is 0 Å². The average Bonchev–Trinajstić information content (AvgIpc) is 2.93. The Labute approximate surface area is 135 Å². The zero-order chi connectivity index (χ0) is 16.1. The number of hydrogen-bond donors (Lipinski definition) is 0. The van der Waals surface area contributed by atoms with E-state index in [0.29, 0.717) is 26.2 Å². The van der Waals surface area contributed by atoms with E-state index in [-0.39, 0.29) is 11.8 Å². The largest absolute Gasteiger partial charge is 0.336 e. The Balaban J connectivity index is 1.84. The number of thiophene rings is 1. The SMILES string of the molecule is Cc1ccc(C(=O)N2CCN(C(=O)/C=C/CN(C)C)CC2)s1. The summed E-state index contributed by atoms with van der Waals surface area (Å²) in [5.41, 5.74) is 0. The molecule has 0 aromatic carbocycles. The number of piperazine rings is 1. The molecule has 0 atom stereocenters. The predicted molar refractivity (Wildman–Crippen MR) is 89.2 cm³/mol. The second-order valence-electron chi connectivity index (χ2n) is 5.69. The molecule has 2 amide bonds. The van der Waals surface area contributed by atoms with Gasteiger partial charge in [-0.15, -0.1) is 11.3 Å². The van der Waals surface area contributed by atoms with Gasteiger partial charge in [0, 0.05) is 43.7 Å². The Bertz CT molecular complexity index is 557. The third-order valence-corrected chi connectivity index (χ3v) is 4.55. The van der Waals surface area contributed by atoms with Crippen LogP contribution in [0.2, 0.25) is 0 Å². The Morgan fingerprint density at radius 3 is 2.36 bits per heavy atom. The third-order valence-electron chi connectivity index (χ3n) is 3.56. The van der Waals surface area contributed by atoms with E-state index in [4.69, 9.17) is 0 Å². The number of aryl methyl sites for hydroxylation is 1. The topological polar surface area (TPSA) is 43.9 Å². The van der Waals surface area contributed by atoms with Crippen molar-refractivity contribution in [3.63, 3.8) is 0 Å². The van der Waals surface area contributed by atoms with Crippen LogP contribution in [0.1, 0.15) is 14.5 Å². The number of carbonyl (C=O) groups is 2. The first-order valence-corrected chi connectivity index (χ1v) is 8.25. The molecule has 1 aromatic heterocycles. The molecular weight excluding hydrogens is 298 g/mol. The van der Waals surface area contributed by atoms with E-state index in [9.17, 15) is 9.59 Å². The fourth-order valence-corrected chi connectivity index (χ4v) is 3.14. The summed E-state index contributed by atoms with van der Waals surface area (Å²) >= 11 is 1.52. The van der Waals surface area contributed by atoms with E-state index in [1.807, 2.05) is 49.0 Å². The molecule has 5 nitrogen and oxygen atoms in total. The fraction of sp³-hybridized carbons (Fsp3) is 0.500. The highest BCUT2D eigenvalue weighted by molar-refractivity contribution is 7.13. The van der Waals surface area contributed by atoms with E-state index in [2.05, 4.69) is 0 Å². The molecule has 22 heavy (non-hydrogen) atoms. The zero-order valence-corrected chi connectivity index (χ0v) is 14.2. The molecule has 0 unspecified atom stereocenters. The van der Waals surface area contributed by atoms with Crippen LogP contribution in [0, 0.1) is 6.92 Å². The molecule has 0 aliphatic carbocycles. The van der Waals surface area contributed by atoms with Crippen LogP contribution in [0.5, 0.6) is 0 Å². The minimum absolute atomic E-state index is 0.0286. The van der Waals surface area contributed by atoms with Gasteiger partial charge in [0.25, 0.3) is 5.91 Å². The molecule has 0 spiro atoms. The van der Waals surface area contributed by atoms with E-state index in [0.717, 1.165) is 16.3 Å². The smallest absolute Gasteiger partial charge is 0.264 e. The van der Waals surface area contributed by atoms with Crippen LogP contribution in [0.3, 0.4) is 0 Å². The van der Waals surface area contributed by atoms with Gasteiger partial charge < -0.3 is 14.7 Å². The van der Waals surface area contributed by atoms with Crippen molar-refractivity contribution in [1.82, 2.24) is 14.7 Å². The Kier molecular flexibility index (Phi) is 5.74. The van der Waals surface area contributed by atoms with Gasteiger partial charge in [-0.25, -0.2) is 0 Å². The molecule has 0 N–H and O–H groups in total. The van der Waals surface area contributed by atoms with Crippen molar-refractivity contribution in [2.45, 2.75) is 6.92 Å². The highest BCUT2D eigenvalue weighted by Crippen LogP contribution is 2.18. The summed E-state index contributed by atoms with van der Waals surface area (Å²) in [5, 5.41) is 0. The molecule has 0 radical (unpaired) electrons. The van der Waals surface area contributed by atoms with Crippen molar-refractivity contribution in [1.29, 1.82) is 0 Å². The summed E-state index contributed by atoms with van der Waals surface area (Å²) in [6, 6.07) is 3.84. The maximum atomic E-state index is 12.3. The summed E-state index contributed by atoms with van der Waals surface area (Å²) in [4.78, 5) is 32.0. The fourth-order valence-electron chi connectivity index (χ4n) is 2.30. The normalized spacial score (nSPS) is 15.8. The molecule has 2 rings (SSSR count). The van der Waals surface area contributed by atoms with Crippen LogP contribution in [0.25, 0.3) is 0 Å². The number of amides is 2. The van der Waals surface area contributed by atoms with Gasteiger partial charge in [-0.3, -0.25) is 9.59 Å². The van der Waals surface area contributed by atoms with Crippen LogP contribution in [-0.2, 0) is 4.79 Å². The van der Waals surface area contributed by atoms with Gasteiger partial charge in [-0.05, 0) is 33.2 Å². The van der Waals surface area contributed by atoms with Crippen LogP contribution >= 0.6 is 11.3 Å². The molecule has 0 saturated carbocycles. The molecule has 1 aromatic rings. The predicted octanol–water partition coefficient (Wildman–Crippen LogP) is 1.46. The van der Waals surface area contributed by atoms with Gasteiger partial charge in [0.15, 0.2) is 0 Å². The molecule has 1 aliphatic rings. The molecule has 6 heteroatoms. The molecule has 0 bridgehead atoms. The lowest BCUT2D eigenvalue weighted by Gasteiger charge is -2.34. The lowest BCUT2D eigenvalue weighted by Crippen LogP contribution is -2.50. The molecule has 1 aliphatic heterocycles. The summed E-state index contributed by atoms with van der Waals surface area (Å²) in [6.45, 7) is 5.15. The minimum Gasteiger partial charge on any atom is -0.336 e. The van der Waals surface area contributed by atoms with Crippen LogP contribution < -0.4 is 0 Å². The average molecular weight is 321 g/mol. The first kappa shape index (κ1) is 16.7. The zero-order valence-electron chi connectivity index (χ0n) is 13.4. The monoisotopic (exact) mass is 321 g/mol. The maximum Gasteiger partial charge on any atom is 0.264 e. The van der Waals surface area contributed by atoms with Gasteiger partial charge in [0.1, 0.15) is 0 Å². The van der Waals surface area contributed by atoms with Crippen molar-refractivity contribution < 1.29 is 9.59 Å². The number of carbonyl (C=O) groups excluding carboxylic acids is 2. The van der Waals surface area contributed by atoms with Crippen molar-refractivity contribution in [3.05, 3.63) is 34.0 Å². The molecular formula is C16H23N3O2S. The Morgan fingerprint density at radius 1 is 1.18 bits per heavy atom. The van der Waals surface area contributed by atoms with E-state index < -0.39 is 0 Å². The highest BCUT2D eigenvalue weighted by atomic mass is 32.1. The third kappa shape index (κ3) is 4.42. The van der Waals surface area contributed by atoms with Gasteiger partial charge in [0.05, 0.1) is 4.88 Å². The van der Waals surface area contributed by atoms with Crippen molar-refractivity contribution in [2.75, 3.05) is 46.8 Å². The van der Waals surface area contributed by atoms with Crippen molar-refractivity contribution in [2.24, 2.45) is 0 Å². The van der Waals surface area contributed by atoms with E-state index in [1.165, 1.54) is 11.3 Å². The summed E-state index contributed by atoms with van der Waals surface area (Å²) in [5.74, 6) is 0.106. The van der Waals surface area contributed by atoms with Crippen LogP contribution in [0.4, 0.5) is 0 Å². The van der Waals surface area contributed by atoms with Gasteiger partial charge >= 0.3 is 0 Å². The van der Waals surface area contributed by atoms with E-state index in [1.54, 1.807) is 11.0 Å². The number of rotatable bonds is 4. The van der Waals surface area contributed by atoms with Crippen LogP contribution in [-0.4, -0.2) is 73.3 Å². The van der Waals surface area contributed by atoms with Gasteiger partial charge in [-0.2, -0.15) is 0 Å². The summed E-state index contributed by atoms with van der Waals surface area (Å²) in [6.07, 6.45) is 3.49. The number of nitrogens with zero attached hydrogens (tertiary/aromatic N) is 3. The molecule has 120 valence electrons. The molecule has 1 saturated heterocycles. The second kappa shape index (κ2) is 7.56. The Hall–Kier alpha value is -1.66. The number of likely N-dealkylation sites (N-methyl/N-ethyl adjacent to an activating group) is 1. The summed E-state index contributed by atoms with van der Waals surface area (Å²) in [7, 11) is 3.93. The standard InChI is InChI=1S/C16H23N3O2S/c1-13-6-7-14(22-13)16(21)19-11-9-18(10-12-19)15(20)5-4-8-17(2)3/h4-7H,8-12H2,1-3H3/b5-4+.